The molecule has 4 aliphatic rings. The van der Waals surface area contributed by atoms with Gasteiger partial charge in [-0.3, -0.25) is 0 Å². The van der Waals surface area contributed by atoms with Gasteiger partial charge in [-0.1, -0.05) is 20.8 Å². The van der Waals surface area contributed by atoms with Gasteiger partial charge in [0, 0.05) is 6.42 Å². The second kappa shape index (κ2) is 7.49. The Morgan fingerprint density at radius 1 is 1.00 bits per heavy atom. The molecule has 9 atom stereocenters. The molecule has 0 saturated heterocycles. The van der Waals surface area contributed by atoms with Crippen LogP contribution in [0.15, 0.2) is 0 Å². The molecule has 0 heterocycles. The molecule has 0 aliphatic heterocycles. The predicted molar refractivity (Wildman–Crippen MR) is 111 cm³/mol. The number of aldehydes is 1. The average Bonchev–Trinajstić information content (AvgIpc) is 3.03. The van der Waals surface area contributed by atoms with Gasteiger partial charge in [-0.05, 0) is 111 Å². The first-order chi connectivity index (χ1) is 14.0. The number of carbonyl (C=O) groups excluding carboxylic acids is 1. The Morgan fingerprint density at radius 3 is 2.37 bits per heavy atom. The van der Waals surface area contributed by atoms with Crippen LogP contribution >= 0.6 is 0 Å². The summed E-state index contributed by atoms with van der Waals surface area (Å²) < 4.78 is 40.5. The van der Waals surface area contributed by atoms with Crippen molar-refractivity contribution in [2.45, 2.75) is 103 Å². The summed E-state index contributed by atoms with van der Waals surface area (Å²) in [5.41, 5.74) is -2.24. The van der Waals surface area contributed by atoms with Crippen molar-refractivity contribution in [1.29, 1.82) is 0 Å². The molecule has 0 bridgehead atoms. The summed E-state index contributed by atoms with van der Waals surface area (Å²) in [4.78, 5) is 10.9. The van der Waals surface area contributed by atoms with Gasteiger partial charge in [-0.25, -0.2) is 0 Å². The highest BCUT2D eigenvalue weighted by atomic mass is 19.4. The quantitative estimate of drug-likeness (QED) is 0.515. The molecule has 0 spiro atoms. The van der Waals surface area contributed by atoms with E-state index in [-0.39, 0.29) is 24.2 Å². The highest BCUT2D eigenvalue weighted by Crippen LogP contribution is 2.69. The maximum Gasteiger partial charge on any atom is 0.417 e. The monoisotopic (exact) mass is 428 g/mol. The summed E-state index contributed by atoms with van der Waals surface area (Å²) in [5, 5.41) is 10.4. The zero-order chi connectivity index (χ0) is 21.9. The number of hydrogen-bond acceptors (Lipinski definition) is 2. The van der Waals surface area contributed by atoms with Crippen molar-refractivity contribution in [1.82, 2.24) is 0 Å². The van der Waals surface area contributed by atoms with Crippen LogP contribution in [0.5, 0.6) is 0 Å². The highest BCUT2D eigenvalue weighted by molar-refractivity contribution is 5.49. The van der Waals surface area contributed by atoms with E-state index >= 15 is 0 Å². The van der Waals surface area contributed by atoms with Crippen LogP contribution in [0.1, 0.15) is 91.4 Å². The van der Waals surface area contributed by atoms with Crippen LogP contribution in [0.3, 0.4) is 0 Å². The molecule has 4 aliphatic carbocycles. The van der Waals surface area contributed by atoms with Crippen molar-refractivity contribution in [3.05, 3.63) is 0 Å². The zero-order valence-corrected chi connectivity index (χ0v) is 18.8. The topological polar surface area (TPSA) is 37.3 Å². The predicted octanol–water partition coefficient (Wildman–Crippen LogP) is 6.55. The Labute approximate surface area is 179 Å². The van der Waals surface area contributed by atoms with Crippen molar-refractivity contribution in [2.24, 2.45) is 46.3 Å². The molecule has 0 radical (unpaired) electrons. The Kier molecular flexibility index (Phi) is 5.64. The van der Waals surface area contributed by atoms with Gasteiger partial charge in [-0.15, -0.1) is 0 Å². The van der Waals surface area contributed by atoms with E-state index in [0.29, 0.717) is 47.8 Å². The first-order valence-corrected chi connectivity index (χ1v) is 12.2. The van der Waals surface area contributed by atoms with Crippen LogP contribution in [-0.4, -0.2) is 23.2 Å². The minimum Gasteiger partial charge on any atom is -0.380 e. The normalized spacial score (nSPS) is 49.6. The van der Waals surface area contributed by atoms with E-state index < -0.39 is 11.8 Å². The van der Waals surface area contributed by atoms with Crippen molar-refractivity contribution in [3.63, 3.8) is 0 Å². The molecule has 5 heteroatoms. The lowest BCUT2D eigenvalue weighted by Gasteiger charge is -2.62. The fourth-order valence-corrected chi connectivity index (χ4v) is 9.01. The number of halogens is 3. The molecular weight excluding hydrogens is 389 g/mol. The third-order valence-electron chi connectivity index (χ3n) is 10.8. The van der Waals surface area contributed by atoms with Crippen LogP contribution in [0.25, 0.3) is 0 Å². The van der Waals surface area contributed by atoms with Crippen LogP contribution in [-0.2, 0) is 4.79 Å². The first kappa shape index (κ1) is 22.6. The van der Waals surface area contributed by atoms with Gasteiger partial charge in [0.05, 0.1) is 0 Å². The molecular formula is C25H39F3O2. The second-order valence-corrected chi connectivity index (χ2v) is 11.8. The van der Waals surface area contributed by atoms with Crippen molar-refractivity contribution in [3.8, 4) is 0 Å². The SMILES string of the molecule is C[C@H](CCC=O)[C@H]1CC[C@H]2[C@@H]3CC[C@H]4C[C@](O)(C(F)(F)F)CC[C@]4(C)[C@H]3CC[C@]12C. The van der Waals surface area contributed by atoms with Gasteiger partial charge in [0.25, 0.3) is 0 Å². The third kappa shape index (κ3) is 3.28. The van der Waals surface area contributed by atoms with E-state index in [0.717, 1.165) is 32.0 Å². The number of hydrogen-bond donors (Lipinski definition) is 1. The maximum atomic E-state index is 13.5. The summed E-state index contributed by atoms with van der Waals surface area (Å²) in [6.07, 6.45) is 4.99. The Balaban J connectivity index is 1.53. The highest BCUT2D eigenvalue weighted by Gasteiger charge is 2.65. The van der Waals surface area contributed by atoms with Crippen molar-refractivity contribution < 1.29 is 23.1 Å². The molecule has 4 rings (SSSR count). The molecule has 2 nitrogen and oxygen atoms in total. The summed E-state index contributed by atoms with van der Waals surface area (Å²) in [6.45, 7) is 7.03. The molecule has 0 amide bonds. The van der Waals surface area contributed by atoms with E-state index in [1.807, 2.05) is 0 Å². The minimum absolute atomic E-state index is 0.0211. The lowest BCUT2D eigenvalue weighted by molar-refractivity contribution is -0.290. The van der Waals surface area contributed by atoms with Gasteiger partial charge in [0.15, 0.2) is 5.60 Å². The van der Waals surface area contributed by atoms with Crippen LogP contribution in [0.2, 0.25) is 0 Å². The van der Waals surface area contributed by atoms with E-state index in [9.17, 15) is 23.1 Å². The third-order valence-corrected chi connectivity index (χ3v) is 10.8. The lowest BCUT2D eigenvalue weighted by atomic mass is 9.43. The van der Waals surface area contributed by atoms with Gasteiger partial charge < -0.3 is 9.90 Å². The van der Waals surface area contributed by atoms with Gasteiger partial charge in [0.2, 0.25) is 0 Å². The number of alkyl halides is 3. The smallest absolute Gasteiger partial charge is 0.380 e. The summed E-state index contributed by atoms with van der Waals surface area (Å²) in [5.74, 6) is 2.98. The fraction of sp³-hybridized carbons (Fsp3) is 0.960. The fourth-order valence-electron chi connectivity index (χ4n) is 9.01. The molecule has 30 heavy (non-hydrogen) atoms. The maximum absolute atomic E-state index is 13.5. The van der Waals surface area contributed by atoms with E-state index in [1.54, 1.807) is 0 Å². The second-order valence-electron chi connectivity index (χ2n) is 11.8. The number of fused-ring (bicyclic) bond motifs is 5. The molecule has 4 fully saturated rings. The Hall–Kier alpha value is -0.580. The largest absolute Gasteiger partial charge is 0.417 e. The lowest BCUT2D eigenvalue weighted by Crippen LogP contribution is -2.59. The van der Waals surface area contributed by atoms with Gasteiger partial charge in [-0.2, -0.15) is 13.2 Å². The van der Waals surface area contributed by atoms with Gasteiger partial charge in [0.1, 0.15) is 6.29 Å². The number of aliphatic hydroxyl groups is 1. The molecule has 0 aromatic carbocycles. The Morgan fingerprint density at radius 2 is 1.70 bits per heavy atom. The van der Waals surface area contributed by atoms with Crippen molar-refractivity contribution in [2.75, 3.05) is 0 Å². The molecule has 0 aromatic heterocycles. The number of rotatable bonds is 4. The average molecular weight is 429 g/mol. The summed E-state index contributed by atoms with van der Waals surface area (Å²) >= 11 is 0. The summed E-state index contributed by atoms with van der Waals surface area (Å²) in [7, 11) is 0. The standard InChI is InChI=1S/C25H39F3O2/c1-16(5-4-14-29)19-8-9-20-18-7-6-17-15-24(30,25(26,27)28)13-12-22(17,2)21(18)10-11-23(19,20)3/h14,16-21,30H,4-13,15H2,1-3H3/t16-,17+,18+,19-,20+,21+,22+,23-,24+/m1/s1. The van der Waals surface area contributed by atoms with Gasteiger partial charge >= 0.3 is 6.18 Å². The summed E-state index contributed by atoms with van der Waals surface area (Å²) in [6, 6.07) is 0. The van der Waals surface area contributed by atoms with E-state index in [4.69, 9.17) is 0 Å². The first-order valence-electron chi connectivity index (χ1n) is 12.2. The Bertz CT molecular complexity index is 663. The van der Waals surface area contributed by atoms with Crippen LogP contribution < -0.4 is 0 Å². The van der Waals surface area contributed by atoms with Crippen LogP contribution in [0, 0.1) is 46.3 Å². The molecule has 0 aromatic rings. The number of carbonyl (C=O) groups is 1. The molecule has 0 unspecified atom stereocenters. The molecule has 4 saturated carbocycles. The van der Waals surface area contributed by atoms with Crippen LogP contribution in [0.4, 0.5) is 13.2 Å². The molecule has 172 valence electrons. The van der Waals surface area contributed by atoms with Crippen molar-refractivity contribution >= 4 is 6.29 Å². The zero-order valence-electron chi connectivity index (χ0n) is 18.8. The van der Waals surface area contributed by atoms with E-state index in [1.165, 1.54) is 19.3 Å². The van der Waals surface area contributed by atoms with E-state index in [2.05, 4.69) is 20.8 Å². The minimum atomic E-state index is -4.52. The molecule has 1 N–H and O–H groups in total.